The summed E-state index contributed by atoms with van der Waals surface area (Å²) in [7, 11) is 1.96. The van der Waals surface area contributed by atoms with E-state index in [1.165, 1.54) is 0 Å². The predicted octanol–water partition coefficient (Wildman–Crippen LogP) is 1.58. The quantitative estimate of drug-likeness (QED) is 0.396. The molecule has 0 unspecified atom stereocenters. The van der Waals surface area contributed by atoms with Gasteiger partial charge in [0.15, 0.2) is 0 Å². The number of hydrogen-bond donors (Lipinski definition) is 3. The van der Waals surface area contributed by atoms with Crippen LogP contribution in [0.3, 0.4) is 0 Å². The Balaban J connectivity index is 2.88. The van der Waals surface area contributed by atoms with E-state index in [4.69, 9.17) is 16.2 Å². The third-order valence-corrected chi connectivity index (χ3v) is 3.11. The highest BCUT2D eigenvalue weighted by Gasteiger charge is 2.14. The van der Waals surface area contributed by atoms with E-state index < -0.39 is 0 Å². The van der Waals surface area contributed by atoms with Crippen LogP contribution < -0.4 is 10.6 Å². The molecule has 1 aromatic rings. The lowest BCUT2D eigenvalue weighted by molar-refractivity contribution is 0.283. The molecule has 0 aliphatic heterocycles. The highest BCUT2D eigenvalue weighted by molar-refractivity contribution is 6.01. The van der Waals surface area contributed by atoms with Crippen LogP contribution in [0.25, 0.3) is 0 Å². The minimum absolute atomic E-state index is 0.0576. The number of aliphatic hydroxyl groups excluding tert-OH is 1. The zero-order valence-corrected chi connectivity index (χ0v) is 12.0. The molecule has 0 amide bonds. The van der Waals surface area contributed by atoms with E-state index in [9.17, 15) is 0 Å². The number of hydrogen-bond acceptors (Lipinski definition) is 4. The Labute approximate surface area is 115 Å². The van der Waals surface area contributed by atoms with Gasteiger partial charge in [-0.3, -0.25) is 5.41 Å². The Morgan fingerprint density at radius 3 is 2.63 bits per heavy atom. The number of aliphatic hydroxyl groups is 1. The average Bonchev–Trinajstić information content (AvgIpc) is 2.32. The van der Waals surface area contributed by atoms with E-state index in [-0.39, 0.29) is 12.4 Å². The second-order valence-electron chi connectivity index (χ2n) is 4.90. The number of unbranched alkanes of at least 4 members (excludes halogenated alkanes) is 2. The summed E-state index contributed by atoms with van der Waals surface area (Å²) in [6.45, 7) is 4.98. The molecule has 106 valence electrons. The standard InChI is InChI=1S/C14H24N4O/c1-10-9-11(2)17-14(12(10)13(15)16)18(3)7-5-4-6-8-19/h9,19H,4-8H2,1-3H3,(H3,15,16). The predicted molar refractivity (Wildman–Crippen MR) is 78.9 cm³/mol. The van der Waals surface area contributed by atoms with Crippen molar-refractivity contribution < 1.29 is 5.11 Å². The van der Waals surface area contributed by atoms with Crippen LogP contribution in [0.15, 0.2) is 6.07 Å². The van der Waals surface area contributed by atoms with Crippen LogP contribution in [0, 0.1) is 19.3 Å². The first-order valence-corrected chi connectivity index (χ1v) is 6.62. The molecule has 5 heteroatoms. The van der Waals surface area contributed by atoms with Crippen molar-refractivity contribution in [3.05, 3.63) is 22.9 Å². The number of pyridine rings is 1. The van der Waals surface area contributed by atoms with Gasteiger partial charge in [-0.05, 0) is 44.7 Å². The van der Waals surface area contributed by atoms with Crippen LogP contribution in [0.5, 0.6) is 0 Å². The molecule has 0 aliphatic carbocycles. The summed E-state index contributed by atoms with van der Waals surface area (Å²) in [5, 5.41) is 16.5. The molecule has 0 saturated heterocycles. The molecule has 4 N–H and O–H groups in total. The molecule has 0 spiro atoms. The Hall–Kier alpha value is -1.62. The molecule has 0 radical (unpaired) electrons. The van der Waals surface area contributed by atoms with Gasteiger partial charge in [0, 0.05) is 25.9 Å². The fourth-order valence-corrected chi connectivity index (χ4v) is 2.17. The second kappa shape index (κ2) is 7.09. The van der Waals surface area contributed by atoms with Gasteiger partial charge in [0.1, 0.15) is 11.7 Å². The topological polar surface area (TPSA) is 86.2 Å². The fraction of sp³-hybridized carbons (Fsp3) is 0.571. The Bertz CT molecular complexity index is 445. The van der Waals surface area contributed by atoms with Crippen molar-refractivity contribution in [2.24, 2.45) is 5.73 Å². The van der Waals surface area contributed by atoms with Crippen molar-refractivity contribution in [3.63, 3.8) is 0 Å². The average molecular weight is 264 g/mol. The summed E-state index contributed by atoms with van der Waals surface area (Å²) in [5.41, 5.74) is 8.29. The third kappa shape index (κ3) is 4.21. The van der Waals surface area contributed by atoms with Crippen LogP contribution in [0.1, 0.15) is 36.1 Å². The maximum atomic E-state index is 8.77. The first-order chi connectivity index (χ1) is 8.97. The number of amidine groups is 1. The van der Waals surface area contributed by atoms with Gasteiger partial charge in [0.05, 0.1) is 5.56 Å². The number of nitrogens with two attached hydrogens (primary N) is 1. The number of nitrogens with zero attached hydrogens (tertiary/aromatic N) is 2. The lowest BCUT2D eigenvalue weighted by atomic mass is 10.1. The van der Waals surface area contributed by atoms with Crippen LogP contribution in [0.2, 0.25) is 0 Å². The number of aromatic nitrogens is 1. The van der Waals surface area contributed by atoms with Gasteiger partial charge in [0.2, 0.25) is 0 Å². The highest BCUT2D eigenvalue weighted by Crippen LogP contribution is 2.21. The van der Waals surface area contributed by atoms with Gasteiger partial charge < -0.3 is 15.7 Å². The lowest BCUT2D eigenvalue weighted by Crippen LogP contribution is -2.26. The van der Waals surface area contributed by atoms with Crippen molar-refractivity contribution in [2.75, 3.05) is 25.1 Å². The van der Waals surface area contributed by atoms with Crippen molar-refractivity contribution in [2.45, 2.75) is 33.1 Å². The SMILES string of the molecule is Cc1cc(C)c(C(=N)N)c(N(C)CCCCCO)n1. The minimum Gasteiger partial charge on any atom is -0.396 e. The molecular formula is C14H24N4O. The van der Waals surface area contributed by atoms with Crippen LogP contribution in [0.4, 0.5) is 5.82 Å². The smallest absolute Gasteiger partial charge is 0.139 e. The lowest BCUT2D eigenvalue weighted by Gasteiger charge is -2.22. The number of anilines is 1. The van der Waals surface area contributed by atoms with E-state index in [1.54, 1.807) is 0 Å². The molecule has 0 aromatic carbocycles. The molecule has 1 rings (SSSR count). The number of aryl methyl sites for hydroxylation is 2. The number of nitrogen functional groups attached to an aromatic ring is 1. The van der Waals surface area contributed by atoms with Crippen LogP contribution >= 0.6 is 0 Å². The molecule has 19 heavy (non-hydrogen) atoms. The summed E-state index contributed by atoms with van der Waals surface area (Å²) >= 11 is 0. The summed E-state index contributed by atoms with van der Waals surface area (Å²) < 4.78 is 0. The highest BCUT2D eigenvalue weighted by atomic mass is 16.2. The maximum absolute atomic E-state index is 8.77. The normalized spacial score (nSPS) is 10.5. The zero-order valence-electron chi connectivity index (χ0n) is 12.0. The summed E-state index contributed by atoms with van der Waals surface area (Å²) in [6, 6.07) is 1.94. The third-order valence-electron chi connectivity index (χ3n) is 3.11. The maximum Gasteiger partial charge on any atom is 0.139 e. The molecule has 0 fully saturated rings. The molecule has 0 saturated carbocycles. The van der Waals surface area contributed by atoms with E-state index in [1.807, 2.05) is 31.9 Å². The molecule has 0 bridgehead atoms. The van der Waals surface area contributed by atoms with Gasteiger partial charge in [0.25, 0.3) is 0 Å². The van der Waals surface area contributed by atoms with E-state index in [2.05, 4.69) is 4.98 Å². The molecule has 1 heterocycles. The Kier molecular flexibility index (Phi) is 5.76. The van der Waals surface area contributed by atoms with Gasteiger partial charge in [-0.1, -0.05) is 0 Å². The minimum atomic E-state index is 0.0576. The summed E-state index contributed by atoms with van der Waals surface area (Å²) in [5.74, 6) is 0.830. The zero-order chi connectivity index (χ0) is 14.4. The molecule has 1 aromatic heterocycles. The van der Waals surface area contributed by atoms with Gasteiger partial charge in [-0.2, -0.15) is 0 Å². The van der Waals surface area contributed by atoms with Gasteiger partial charge >= 0.3 is 0 Å². The van der Waals surface area contributed by atoms with Crippen molar-refractivity contribution in [1.29, 1.82) is 5.41 Å². The first kappa shape index (κ1) is 15.4. The molecular weight excluding hydrogens is 240 g/mol. The van der Waals surface area contributed by atoms with E-state index in [0.29, 0.717) is 0 Å². The number of rotatable bonds is 7. The Morgan fingerprint density at radius 1 is 1.37 bits per heavy atom. The second-order valence-corrected chi connectivity index (χ2v) is 4.90. The molecule has 0 aliphatic rings. The molecule has 5 nitrogen and oxygen atoms in total. The summed E-state index contributed by atoms with van der Waals surface area (Å²) in [4.78, 5) is 6.55. The van der Waals surface area contributed by atoms with E-state index in [0.717, 1.165) is 48.4 Å². The van der Waals surface area contributed by atoms with Gasteiger partial charge in [-0.25, -0.2) is 4.98 Å². The molecule has 0 atom stereocenters. The fourth-order valence-electron chi connectivity index (χ4n) is 2.17. The van der Waals surface area contributed by atoms with Crippen molar-refractivity contribution in [1.82, 2.24) is 4.98 Å². The van der Waals surface area contributed by atoms with Gasteiger partial charge in [-0.15, -0.1) is 0 Å². The first-order valence-electron chi connectivity index (χ1n) is 6.62. The Morgan fingerprint density at radius 2 is 2.05 bits per heavy atom. The van der Waals surface area contributed by atoms with Crippen LogP contribution in [-0.2, 0) is 0 Å². The van der Waals surface area contributed by atoms with Crippen molar-refractivity contribution >= 4 is 11.7 Å². The van der Waals surface area contributed by atoms with Crippen LogP contribution in [-0.4, -0.2) is 36.1 Å². The van der Waals surface area contributed by atoms with E-state index >= 15 is 0 Å². The monoisotopic (exact) mass is 264 g/mol. The number of nitrogens with one attached hydrogen (secondary N) is 1. The largest absolute Gasteiger partial charge is 0.396 e. The van der Waals surface area contributed by atoms with Crippen molar-refractivity contribution in [3.8, 4) is 0 Å². The summed E-state index contributed by atoms with van der Waals surface area (Å²) in [6.07, 6.45) is 2.80.